The van der Waals surface area contributed by atoms with Crippen LogP contribution in [0.25, 0.3) is 6.08 Å². The number of carbonyl (C=O) groups excluding carboxylic acids is 2. The van der Waals surface area contributed by atoms with Gasteiger partial charge in [-0.1, -0.05) is 18.6 Å². The van der Waals surface area contributed by atoms with Crippen LogP contribution < -0.4 is 0 Å². The van der Waals surface area contributed by atoms with Crippen LogP contribution in [0.3, 0.4) is 0 Å². The molecule has 0 fully saturated rings. The predicted molar refractivity (Wildman–Crippen MR) is 85.8 cm³/mol. The predicted octanol–water partition coefficient (Wildman–Crippen LogP) is 2.82. The van der Waals surface area contributed by atoms with Crippen LogP contribution in [0.15, 0.2) is 29.8 Å². The van der Waals surface area contributed by atoms with Gasteiger partial charge in [0.1, 0.15) is 0 Å². The Bertz CT molecular complexity index is 594. The van der Waals surface area contributed by atoms with Gasteiger partial charge in [-0.3, -0.25) is 19.7 Å². The molecule has 6 nitrogen and oxygen atoms in total. The number of carbonyl (C=O) groups is 2. The maximum atomic E-state index is 11.9. The normalized spacial score (nSPS) is 12.6. The van der Waals surface area contributed by atoms with Crippen LogP contribution in [0.2, 0.25) is 0 Å². The Kier molecular flexibility index (Phi) is 6.78. The van der Waals surface area contributed by atoms with Crippen molar-refractivity contribution in [3.63, 3.8) is 0 Å². The molecule has 0 aliphatic heterocycles. The molecule has 0 aliphatic carbocycles. The van der Waals surface area contributed by atoms with Crippen molar-refractivity contribution >= 4 is 36.1 Å². The van der Waals surface area contributed by atoms with E-state index in [1.54, 1.807) is 18.2 Å². The molecule has 0 amide bonds. The van der Waals surface area contributed by atoms with Gasteiger partial charge in [0.15, 0.2) is 11.0 Å². The number of Topliss-reactive ketones (excluding diaryl/α,β-unsaturated/α-hetero) is 1. The summed E-state index contributed by atoms with van der Waals surface area (Å²) in [5.41, 5.74) is 1.57. The Balaban J connectivity index is 2.84. The highest BCUT2D eigenvalue weighted by molar-refractivity contribution is 7.82. The summed E-state index contributed by atoms with van der Waals surface area (Å²) in [6.45, 7) is 1.89. The molecule has 0 spiro atoms. The van der Waals surface area contributed by atoms with Crippen LogP contribution in [0, 0.1) is 10.1 Å². The highest BCUT2D eigenvalue weighted by Gasteiger charge is 2.23. The van der Waals surface area contributed by atoms with Crippen LogP contribution in [-0.4, -0.2) is 29.0 Å². The lowest BCUT2D eigenvalue weighted by Crippen LogP contribution is -2.26. The van der Waals surface area contributed by atoms with Crippen LogP contribution in [0.5, 0.6) is 0 Å². The largest absolute Gasteiger partial charge is 0.468 e. The third-order valence-corrected chi connectivity index (χ3v) is 3.56. The van der Waals surface area contributed by atoms with E-state index in [9.17, 15) is 19.7 Å². The van der Waals surface area contributed by atoms with E-state index in [1.807, 2.05) is 6.92 Å². The minimum Gasteiger partial charge on any atom is -0.468 e. The zero-order valence-corrected chi connectivity index (χ0v) is 13.2. The van der Waals surface area contributed by atoms with Gasteiger partial charge >= 0.3 is 5.97 Å². The van der Waals surface area contributed by atoms with E-state index in [2.05, 4.69) is 17.4 Å². The van der Waals surface area contributed by atoms with Crippen LogP contribution >= 0.6 is 12.6 Å². The number of methoxy groups -OCH3 is 1. The zero-order valence-electron chi connectivity index (χ0n) is 12.3. The van der Waals surface area contributed by atoms with Gasteiger partial charge in [0.2, 0.25) is 0 Å². The number of benzene rings is 1. The minimum absolute atomic E-state index is 0.00684. The van der Waals surface area contributed by atoms with Crippen molar-refractivity contribution in [3.05, 3.63) is 45.5 Å². The fraction of sp³-hybridized carbons (Fsp3) is 0.333. The van der Waals surface area contributed by atoms with Gasteiger partial charge in [-0.05, 0) is 24.1 Å². The van der Waals surface area contributed by atoms with Crippen molar-refractivity contribution in [1.82, 2.24) is 0 Å². The Labute approximate surface area is 133 Å². The van der Waals surface area contributed by atoms with Gasteiger partial charge in [-0.15, -0.1) is 0 Å². The molecule has 22 heavy (non-hydrogen) atoms. The van der Waals surface area contributed by atoms with E-state index in [0.717, 1.165) is 11.1 Å². The Hall–Kier alpha value is -2.15. The standard InChI is InChI=1S/C15H17NO5S/c1-3-10(9-13(17)14(22)15(18)21-2)8-11-4-6-12(7-5-11)16(19)20/h4-8,14,22H,3,9H2,1-2H3/b10-8+. The third kappa shape index (κ3) is 5.00. The fourth-order valence-electron chi connectivity index (χ4n) is 1.77. The first-order chi connectivity index (χ1) is 10.4. The molecule has 1 rings (SSSR count). The maximum Gasteiger partial charge on any atom is 0.326 e. The number of nitro benzene ring substituents is 1. The summed E-state index contributed by atoms with van der Waals surface area (Å²) in [5, 5.41) is 9.50. The first-order valence-electron chi connectivity index (χ1n) is 6.61. The Morgan fingerprint density at radius 1 is 1.36 bits per heavy atom. The van der Waals surface area contributed by atoms with Crippen molar-refractivity contribution in [2.75, 3.05) is 7.11 Å². The molecule has 1 atom stereocenters. The van der Waals surface area contributed by atoms with Crippen LogP contribution in [0.4, 0.5) is 5.69 Å². The van der Waals surface area contributed by atoms with E-state index >= 15 is 0 Å². The molecule has 0 bridgehead atoms. The first-order valence-corrected chi connectivity index (χ1v) is 7.13. The van der Waals surface area contributed by atoms with E-state index in [1.165, 1.54) is 19.2 Å². The van der Waals surface area contributed by atoms with E-state index in [4.69, 9.17) is 0 Å². The topological polar surface area (TPSA) is 86.5 Å². The number of esters is 1. The molecule has 0 saturated carbocycles. The number of allylic oxidation sites excluding steroid dienone is 1. The van der Waals surface area contributed by atoms with Crippen molar-refractivity contribution in [3.8, 4) is 0 Å². The number of rotatable bonds is 7. The maximum absolute atomic E-state index is 11.9. The second-order valence-electron chi connectivity index (χ2n) is 4.57. The summed E-state index contributed by atoms with van der Waals surface area (Å²) in [4.78, 5) is 33.3. The van der Waals surface area contributed by atoms with Gasteiger partial charge < -0.3 is 4.74 Å². The summed E-state index contributed by atoms with van der Waals surface area (Å²) in [6.07, 6.45) is 2.47. The number of ketones is 1. The number of hydrogen-bond acceptors (Lipinski definition) is 6. The molecule has 0 radical (unpaired) electrons. The summed E-state index contributed by atoms with van der Waals surface area (Å²) in [5.74, 6) is -1.02. The smallest absolute Gasteiger partial charge is 0.326 e. The quantitative estimate of drug-likeness (QED) is 0.274. The summed E-state index contributed by atoms with van der Waals surface area (Å²) in [6, 6.07) is 6.01. The van der Waals surface area contributed by atoms with Crippen LogP contribution in [0.1, 0.15) is 25.3 Å². The van der Waals surface area contributed by atoms with Crippen molar-refractivity contribution in [2.45, 2.75) is 25.0 Å². The monoisotopic (exact) mass is 323 g/mol. The molecular weight excluding hydrogens is 306 g/mol. The molecule has 118 valence electrons. The molecule has 0 heterocycles. The molecular formula is C15H17NO5S. The van der Waals surface area contributed by atoms with Crippen LogP contribution in [-0.2, 0) is 14.3 Å². The molecule has 0 aliphatic rings. The summed E-state index contributed by atoms with van der Waals surface area (Å²) >= 11 is 3.95. The van der Waals surface area contributed by atoms with Crippen molar-refractivity contribution in [2.24, 2.45) is 0 Å². The average molecular weight is 323 g/mol. The highest BCUT2D eigenvalue weighted by atomic mass is 32.1. The van der Waals surface area contributed by atoms with Gasteiger partial charge in [0.05, 0.1) is 12.0 Å². The number of nitrogens with zero attached hydrogens (tertiary/aromatic N) is 1. The van der Waals surface area contributed by atoms with E-state index in [0.29, 0.717) is 6.42 Å². The van der Waals surface area contributed by atoms with Crippen molar-refractivity contribution in [1.29, 1.82) is 0 Å². The number of hydrogen-bond donors (Lipinski definition) is 1. The van der Waals surface area contributed by atoms with Gasteiger partial charge in [-0.25, -0.2) is 0 Å². The molecule has 7 heteroatoms. The number of ether oxygens (including phenoxy) is 1. The second-order valence-corrected chi connectivity index (χ2v) is 5.09. The summed E-state index contributed by atoms with van der Waals surface area (Å²) in [7, 11) is 1.20. The third-order valence-electron chi connectivity index (χ3n) is 3.06. The number of non-ortho nitro benzene ring substituents is 1. The van der Waals surface area contributed by atoms with Crippen molar-refractivity contribution < 1.29 is 19.2 Å². The first kappa shape index (κ1) is 17.9. The lowest BCUT2D eigenvalue weighted by atomic mass is 10.0. The second kappa shape index (κ2) is 8.33. The fourth-order valence-corrected chi connectivity index (χ4v) is 1.97. The van der Waals surface area contributed by atoms with Gasteiger partial charge in [0.25, 0.3) is 5.69 Å². The minimum atomic E-state index is -1.10. The lowest BCUT2D eigenvalue weighted by molar-refractivity contribution is -0.384. The molecule has 1 aromatic carbocycles. The lowest BCUT2D eigenvalue weighted by Gasteiger charge is -2.09. The zero-order chi connectivity index (χ0) is 16.7. The van der Waals surface area contributed by atoms with Gasteiger partial charge in [-0.2, -0.15) is 12.6 Å². The Morgan fingerprint density at radius 2 is 1.95 bits per heavy atom. The SMILES string of the molecule is CC/C(=C\c1ccc([N+](=O)[O-])cc1)CC(=O)C(S)C(=O)OC. The molecule has 0 aromatic heterocycles. The molecule has 1 aromatic rings. The Morgan fingerprint density at radius 3 is 2.41 bits per heavy atom. The van der Waals surface area contributed by atoms with Gasteiger partial charge in [0, 0.05) is 18.6 Å². The highest BCUT2D eigenvalue weighted by Crippen LogP contribution is 2.18. The van der Waals surface area contributed by atoms with E-state index in [-0.39, 0.29) is 17.9 Å². The number of nitro groups is 1. The average Bonchev–Trinajstić information content (AvgIpc) is 2.52. The molecule has 1 unspecified atom stereocenters. The molecule has 0 saturated heterocycles. The van der Waals surface area contributed by atoms with E-state index < -0.39 is 16.1 Å². The molecule has 0 N–H and O–H groups in total. The number of thiol groups is 1. The summed E-state index contributed by atoms with van der Waals surface area (Å²) < 4.78 is 4.48.